The van der Waals surface area contributed by atoms with Crippen LogP contribution in [0.2, 0.25) is 5.02 Å². The van der Waals surface area contributed by atoms with E-state index < -0.39 is 5.82 Å². The summed E-state index contributed by atoms with van der Waals surface area (Å²) in [6, 6.07) is 8.10. The van der Waals surface area contributed by atoms with E-state index in [1.165, 1.54) is 6.07 Å². The van der Waals surface area contributed by atoms with Crippen LogP contribution in [0, 0.1) is 5.82 Å². The Kier molecular flexibility index (Phi) is 6.70. The number of pyridine rings is 1. The average Bonchev–Trinajstić information content (AvgIpc) is 2.66. The Hall–Kier alpha value is -2.38. The van der Waals surface area contributed by atoms with Gasteiger partial charge in [-0.05, 0) is 52.7 Å². The van der Waals surface area contributed by atoms with Gasteiger partial charge in [-0.1, -0.05) is 11.6 Å². The van der Waals surface area contributed by atoms with E-state index in [-0.39, 0.29) is 12.3 Å². The van der Waals surface area contributed by atoms with Crippen molar-refractivity contribution in [1.29, 1.82) is 0 Å². The Morgan fingerprint density at radius 3 is 2.86 bits per heavy atom. The maximum atomic E-state index is 14.4. The van der Waals surface area contributed by atoms with Gasteiger partial charge in [-0.3, -0.25) is 9.78 Å². The molecule has 0 spiro atoms. The molecule has 3 rings (SSSR count). The summed E-state index contributed by atoms with van der Waals surface area (Å²) < 4.78 is 25.5. The van der Waals surface area contributed by atoms with E-state index in [0.29, 0.717) is 41.5 Å². The Bertz CT molecular complexity index is 1020. The summed E-state index contributed by atoms with van der Waals surface area (Å²) in [6.45, 7) is 3.00. The number of aromatic nitrogens is 1. The zero-order valence-electron chi connectivity index (χ0n) is 15.0. The lowest BCUT2D eigenvalue weighted by molar-refractivity contribution is -0.128. The summed E-state index contributed by atoms with van der Waals surface area (Å²) >= 11 is 9.36. The Labute approximate surface area is 174 Å². The zero-order valence-corrected chi connectivity index (χ0v) is 17.3. The number of carbonyl (C=O) groups excluding carboxylic acids is 1. The van der Waals surface area contributed by atoms with Gasteiger partial charge in [0.25, 0.3) is 6.47 Å². The SMILES string of the molecule is CCOc1cc2ncc(CCOC=O)c(Nc3ccc(Cl)cc3F)c2cc1Br. The largest absolute Gasteiger partial charge is 0.493 e. The van der Waals surface area contributed by atoms with Crippen LogP contribution in [0.4, 0.5) is 15.8 Å². The first-order chi connectivity index (χ1) is 13.5. The lowest BCUT2D eigenvalue weighted by Crippen LogP contribution is -2.04. The molecule has 0 radical (unpaired) electrons. The van der Waals surface area contributed by atoms with Crippen LogP contribution >= 0.6 is 27.5 Å². The molecule has 0 saturated carbocycles. The molecule has 0 fully saturated rings. The number of halogens is 3. The van der Waals surface area contributed by atoms with Crippen molar-refractivity contribution in [3.63, 3.8) is 0 Å². The highest BCUT2D eigenvalue weighted by Crippen LogP contribution is 2.36. The first-order valence-corrected chi connectivity index (χ1v) is 9.71. The summed E-state index contributed by atoms with van der Waals surface area (Å²) in [7, 11) is 0. The molecule has 5 nitrogen and oxygen atoms in total. The molecule has 0 unspecified atom stereocenters. The Morgan fingerprint density at radius 1 is 1.32 bits per heavy atom. The molecule has 146 valence electrons. The van der Waals surface area contributed by atoms with Crippen LogP contribution in [0.15, 0.2) is 41.0 Å². The third-order valence-electron chi connectivity index (χ3n) is 4.05. The highest BCUT2D eigenvalue weighted by molar-refractivity contribution is 9.10. The van der Waals surface area contributed by atoms with Crippen molar-refractivity contribution in [2.24, 2.45) is 0 Å². The molecule has 0 aliphatic heterocycles. The molecule has 28 heavy (non-hydrogen) atoms. The van der Waals surface area contributed by atoms with Crippen LogP contribution in [0.1, 0.15) is 12.5 Å². The Morgan fingerprint density at radius 2 is 2.14 bits per heavy atom. The van der Waals surface area contributed by atoms with E-state index in [0.717, 1.165) is 15.4 Å². The minimum absolute atomic E-state index is 0.187. The summed E-state index contributed by atoms with van der Waals surface area (Å²) in [5, 5.41) is 4.22. The van der Waals surface area contributed by atoms with Crippen molar-refractivity contribution < 1.29 is 18.7 Å². The fraction of sp³-hybridized carbons (Fsp3) is 0.200. The zero-order chi connectivity index (χ0) is 20.1. The minimum Gasteiger partial charge on any atom is -0.493 e. The van der Waals surface area contributed by atoms with Gasteiger partial charge >= 0.3 is 0 Å². The van der Waals surface area contributed by atoms with Gasteiger partial charge in [0.2, 0.25) is 0 Å². The van der Waals surface area contributed by atoms with Gasteiger partial charge in [-0.2, -0.15) is 0 Å². The normalized spacial score (nSPS) is 10.7. The van der Waals surface area contributed by atoms with E-state index in [1.54, 1.807) is 18.3 Å². The number of hydrogen-bond acceptors (Lipinski definition) is 5. The van der Waals surface area contributed by atoms with Crippen molar-refractivity contribution in [3.05, 3.63) is 57.4 Å². The number of fused-ring (bicyclic) bond motifs is 1. The molecule has 1 heterocycles. The van der Waals surface area contributed by atoms with Gasteiger partial charge in [0.1, 0.15) is 11.6 Å². The third kappa shape index (κ3) is 4.54. The predicted octanol–water partition coefficient (Wildman–Crippen LogP) is 5.65. The third-order valence-corrected chi connectivity index (χ3v) is 4.90. The molecule has 1 N–H and O–H groups in total. The number of anilines is 2. The average molecular weight is 468 g/mol. The van der Waals surface area contributed by atoms with E-state index in [1.807, 2.05) is 19.1 Å². The summed E-state index contributed by atoms with van der Waals surface area (Å²) in [4.78, 5) is 15.0. The second kappa shape index (κ2) is 9.21. The smallest absolute Gasteiger partial charge is 0.293 e. The van der Waals surface area contributed by atoms with Crippen molar-refractivity contribution in [1.82, 2.24) is 4.98 Å². The van der Waals surface area contributed by atoms with Crippen LogP contribution in [0.3, 0.4) is 0 Å². The number of ether oxygens (including phenoxy) is 2. The maximum Gasteiger partial charge on any atom is 0.293 e. The highest BCUT2D eigenvalue weighted by atomic mass is 79.9. The van der Waals surface area contributed by atoms with Gasteiger partial charge in [0, 0.05) is 29.1 Å². The molecule has 2 aromatic carbocycles. The highest BCUT2D eigenvalue weighted by Gasteiger charge is 2.15. The van der Waals surface area contributed by atoms with Crippen molar-refractivity contribution >= 4 is 56.3 Å². The molecule has 1 aromatic heterocycles. The number of hydrogen-bond donors (Lipinski definition) is 1. The van der Waals surface area contributed by atoms with Gasteiger partial charge in [0.15, 0.2) is 0 Å². The standard InChI is InChI=1S/C20H17BrClFN2O3/c1-2-28-19-9-18-14(8-15(19)21)20(12(10-24-18)5-6-27-11-26)25-17-4-3-13(22)7-16(17)23/h3-4,7-11H,2,5-6H2,1H3,(H,24,25). The van der Waals surface area contributed by atoms with Crippen LogP contribution < -0.4 is 10.1 Å². The van der Waals surface area contributed by atoms with E-state index in [4.69, 9.17) is 21.1 Å². The van der Waals surface area contributed by atoms with Crippen LogP contribution in [-0.2, 0) is 16.0 Å². The quantitative estimate of drug-likeness (QED) is 0.343. The predicted molar refractivity (Wildman–Crippen MR) is 111 cm³/mol. The van der Waals surface area contributed by atoms with Gasteiger partial charge in [-0.25, -0.2) is 4.39 Å². The molecule has 0 amide bonds. The molecule has 3 aromatic rings. The van der Waals surface area contributed by atoms with Gasteiger partial charge < -0.3 is 14.8 Å². The number of nitrogens with zero attached hydrogens (tertiary/aromatic N) is 1. The topological polar surface area (TPSA) is 60.5 Å². The number of carbonyl (C=O) groups is 1. The first-order valence-electron chi connectivity index (χ1n) is 8.54. The molecule has 8 heteroatoms. The summed E-state index contributed by atoms with van der Waals surface area (Å²) in [5.74, 6) is 0.195. The van der Waals surface area contributed by atoms with Crippen LogP contribution in [0.5, 0.6) is 5.75 Å². The van der Waals surface area contributed by atoms with Gasteiger partial charge in [0.05, 0.1) is 34.6 Å². The van der Waals surface area contributed by atoms with Gasteiger partial charge in [-0.15, -0.1) is 0 Å². The second-order valence-electron chi connectivity index (χ2n) is 5.86. The lowest BCUT2D eigenvalue weighted by Gasteiger charge is -2.17. The van der Waals surface area contributed by atoms with E-state index in [9.17, 15) is 9.18 Å². The van der Waals surface area contributed by atoms with Crippen molar-refractivity contribution in [2.75, 3.05) is 18.5 Å². The molecule has 0 atom stereocenters. The second-order valence-corrected chi connectivity index (χ2v) is 7.15. The lowest BCUT2D eigenvalue weighted by atomic mass is 10.1. The maximum absolute atomic E-state index is 14.4. The minimum atomic E-state index is -0.474. The van der Waals surface area contributed by atoms with Crippen LogP contribution in [-0.4, -0.2) is 24.7 Å². The molecular formula is C20H17BrClFN2O3. The molecular weight excluding hydrogens is 451 g/mol. The molecule has 0 bridgehead atoms. The fourth-order valence-corrected chi connectivity index (χ4v) is 3.40. The number of nitrogens with one attached hydrogen (secondary N) is 1. The summed E-state index contributed by atoms with van der Waals surface area (Å²) in [6.07, 6.45) is 2.10. The first kappa shape index (κ1) is 20.4. The molecule has 0 aliphatic rings. The van der Waals surface area contributed by atoms with Crippen molar-refractivity contribution in [3.8, 4) is 5.75 Å². The Balaban J connectivity index is 2.11. The van der Waals surface area contributed by atoms with E-state index >= 15 is 0 Å². The van der Waals surface area contributed by atoms with Crippen molar-refractivity contribution in [2.45, 2.75) is 13.3 Å². The summed E-state index contributed by atoms with van der Waals surface area (Å²) in [5.41, 5.74) is 2.41. The van der Waals surface area contributed by atoms with E-state index in [2.05, 4.69) is 26.2 Å². The number of benzene rings is 2. The fourth-order valence-electron chi connectivity index (χ4n) is 2.78. The van der Waals surface area contributed by atoms with Crippen LogP contribution in [0.25, 0.3) is 10.9 Å². The monoisotopic (exact) mass is 466 g/mol. The molecule has 0 saturated heterocycles. The number of rotatable bonds is 8. The molecule has 0 aliphatic carbocycles.